The summed E-state index contributed by atoms with van der Waals surface area (Å²) in [7, 11) is 0. The smallest absolute Gasteiger partial charge is 0.408 e. The molecule has 0 aliphatic carbocycles. The van der Waals surface area contributed by atoms with Crippen LogP contribution in [0.15, 0.2) is 35.1 Å². The van der Waals surface area contributed by atoms with Crippen LogP contribution in [-0.4, -0.2) is 21.2 Å². The first-order chi connectivity index (χ1) is 14.9. The van der Waals surface area contributed by atoms with Crippen LogP contribution >= 0.6 is 0 Å². The SMILES string of the molecule is Cc1ccc(F)c2c(=O)n(-c3cc(F)cc(C#N)c3)c(C(C)NC(=O)OC(C)(C)C)nc12. The average Bonchev–Trinajstić information content (AvgIpc) is 2.68. The highest BCUT2D eigenvalue weighted by Crippen LogP contribution is 2.23. The first kappa shape index (κ1) is 22.9. The van der Waals surface area contributed by atoms with Crippen LogP contribution in [0.25, 0.3) is 16.6 Å². The molecule has 2 aromatic carbocycles. The van der Waals surface area contributed by atoms with Gasteiger partial charge in [-0.2, -0.15) is 5.26 Å². The molecule has 7 nitrogen and oxygen atoms in total. The van der Waals surface area contributed by atoms with Gasteiger partial charge in [0.25, 0.3) is 5.56 Å². The number of benzene rings is 2. The molecule has 0 saturated heterocycles. The Morgan fingerprint density at radius 1 is 1.25 bits per heavy atom. The van der Waals surface area contributed by atoms with Crippen molar-refractivity contribution in [3.63, 3.8) is 0 Å². The van der Waals surface area contributed by atoms with E-state index in [0.29, 0.717) is 5.56 Å². The standard InChI is InChI=1S/C23H22F2N4O3/c1-12-6-7-17(25)18-19(12)28-20(13(2)27-22(31)32-23(3,4)5)29(21(18)30)16-9-14(11-26)8-15(24)10-16/h6-10,13H,1-5H3,(H,27,31). The van der Waals surface area contributed by atoms with Gasteiger partial charge in [0.1, 0.15) is 28.4 Å². The Bertz CT molecular complexity index is 1320. The van der Waals surface area contributed by atoms with E-state index in [9.17, 15) is 23.6 Å². The zero-order valence-electron chi connectivity index (χ0n) is 18.3. The maximum atomic E-state index is 14.6. The van der Waals surface area contributed by atoms with Gasteiger partial charge < -0.3 is 10.1 Å². The van der Waals surface area contributed by atoms with Gasteiger partial charge in [0.2, 0.25) is 0 Å². The number of carbonyl (C=O) groups excluding carboxylic acids is 1. The molecule has 3 rings (SSSR count). The maximum Gasteiger partial charge on any atom is 0.408 e. The van der Waals surface area contributed by atoms with E-state index in [1.807, 2.05) is 6.07 Å². The molecule has 1 atom stereocenters. The van der Waals surface area contributed by atoms with Crippen LogP contribution in [0.4, 0.5) is 13.6 Å². The van der Waals surface area contributed by atoms with Gasteiger partial charge in [-0.1, -0.05) is 6.07 Å². The van der Waals surface area contributed by atoms with Crippen LogP contribution < -0.4 is 10.9 Å². The number of ether oxygens (including phenoxy) is 1. The number of halogens is 2. The van der Waals surface area contributed by atoms with Crippen LogP contribution in [-0.2, 0) is 4.74 Å². The molecule has 166 valence electrons. The van der Waals surface area contributed by atoms with Gasteiger partial charge in [-0.25, -0.2) is 18.6 Å². The number of fused-ring (bicyclic) bond motifs is 1. The lowest BCUT2D eigenvalue weighted by Crippen LogP contribution is -2.37. The van der Waals surface area contributed by atoms with Crippen molar-refractivity contribution in [2.45, 2.75) is 46.3 Å². The second-order valence-corrected chi connectivity index (χ2v) is 8.38. The Morgan fingerprint density at radius 2 is 1.94 bits per heavy atom. The lowest BCUT2D eigenvalue weighted by Gasteiger charge is -2.23. The molecule has 1 unspecified atom stereocenters. The number of nitriles is 1. The predicted molar refractivity (Wildman–Crippen MR) is 114 cm³/mol. The van der Waals surface area contributed by atoms with Crippen LogP contribution in [0.2, 0.25) is 0 Å². The quantitative estimate of drug-likeness (QED) is 0.650. The molecular weight excluding hydrogens is 418 g/mol. The number of hydrogen-bond donors (Lipinski definition) is 1. The number of amides is 1. The first-order valence-electron chi connectivity index (χ1n) is 9.83. The summed E-state index contributed by atoms with van der Waals surface area (Å²) in [4.78, 5) is 30.1. The maximum absolute atomic E-state index is 14.6. The molecule has 0 fully saturated rings. The van der Waals surface area contributed by atoms with E-state index >= 15 is 0 Å². The molecular formula is C23H22F2N4O3. The largest absolute Gasteiger partial charge is 0.444 e. The minimum Gasteiger partial charge on any atom is -0.444 e. The van der Waals surface area contributed by atoms with Crippen molar-refractivity contribution in [2.75, 3.05) is 0 Å². The zero-order chi connectivity index (χ0) is 23.8. The summed E-state index contributed by atoms with van der Waals surface area (Å²) in [5.41, 5.74) is -0.933. The molecule has 0 saturated carbocycles. The fourth-order valence-corrected chi connectivity index (χ4v) is 3.26. The summed E-state index contributed by atoms with van der Waals surface area (Å²) in [5.74, 6) is -1.51. The number of hydrogen-bond acceptors (Lipinski definition) is 5. The van der Waals surface area contributed by atoms with Crippen molar-refractivity contribution in [3.8, 4) is 11.8 Å². The number of aryl methyl sites for hydroxylation is 1. The van der Waals surface area contributed by atoms with E-state index in [4.69, 9.17) is 4.74 Å². The van der Waals surface area contributed by atoms with E-state index in [2.05, 4.69) is 10.3 Å². The Kier molecular flexibility index (Phi) is 5.99. The molecule has 1 heterocycles. The Morgan fingerprint density at radius 3 is 2.56 bits per heavy atom. The third-order valence-electron chi connectivity index (χ3n) is 4.59. The van der Waals surface area contributed by atoms with Crippen molar-refractivity contribution in [1.82, 2.24) is 14.9 Å². The van der Waals surface area contributed by atoms with Crippen LogP contribution in [0, 0.1) is 29.9 Å². The molecule has 1 aromatic heterocycles. The molecule has 0 aliphatic heterocycles. The van der Waals surface area contributed by atoms with Crippen molar-refractivity contribution >= 4 is 17.0 Å². The summed E-state index contributed by atoms with van der Waals surface area (Å²) in [6, 6.07) is 6.92. The Hall–Kier alpha value is -3.80. The molecule has 0 aliphatic rings. The third-order valence-corrected chi connectivity index (χ3v) is 4.59. The number of aromatic nitrogens is 2. The van der Waals surface area contributed by atoms with Gasteiger partial charge in [0.15, 0.2) is 0 Å². The van der Waals surface area contributed by atoms with Gasteiger partial charge in [0.05, 0.1) is 28.9 Å². The molecule has 0 spiro atoms. The van der Waals surface area contributed by atoms with Crippen molar-refractivity contribution in [2.24, 2.45) is 0 Å². The minimum atomic E-state index is -0.876. The highest BCUT2D eigenvalue weighted by atomic mass is 19.1. The second kappa shape index (κ2) is 8.38. The summed E-state index contributed by atoms with van der Waals surface area (Å²) < 4.78 is 35.0. The van der Waals surface area contributed by atoms with E-state index in [0.717, 1.165) is 22.8 Å². The van der Waals surface area contributed by atoms with Gasteiger partial charge in [-0.15, -0.1) is 0 Å². The number of carbonyl (C=O) groups is 1. The van der Waals surface area contributed by atoms with Gasteiger partial charge in [-0.05, 0) is 64.4 Å². The fraction of sp³-hybridized carbons (Fsp3) is 0.304. The van der Waals surface area contributed by atoms with Crippen molar-refractivity contribution in [1.29, 1.82) is 5.26 Å². The molecule has 32 heavy (non-hydrogen) atoms. The van der Waals surface area contributed by atoms with E-state index in [-0.39, 0.29) is 28.0 Å². The molecule has 0 bridgehead atoms. The van der Waals surface area contributed by atoms with Crippen molar-refractivity contribution < 1.29 is 18.3 Å². The highest BCUT2D eigenvalue weighted by Gasteiger charge is 2.24. The third kappa shape index (κ3) is 4.59. The molecule has 0 radical (unpaired) electrons. The highest BCUT2D eigenvalue weighted by molar-refractivity contribution is 5.82. The molecule has 9 heteroatoms. The lowest BCUT2D eigenvalue weighted by atomic mass is 10.1. The monoisotopic (exact) mass is 440 g/mol. The molecule has 1 amide bonds. The number of rotatable bonds is 3. The van der Waals surface area contributed by atoms with Gasteiger partial charge in [-0.3, -0.25) is 9.36 Å². The van der Waals surface area contributed by atoms with Gasteiger partial charge in [0, 0.05) is 0 Å². The van der Waals surface area contributed by atoms with E-state index in [1.165, 1.54) is 12.1 Å². The minimum absolute atomic E-state index is 0.0188. The molecule has 3 aromatic rings. The van der Waals surface area contributed by atoms with E-state index in [1.54, 1.807) is 34.6 Å². The summed E-state index contributed by atoms with van der Waals surface area (Å²) >= 11 is 0. The van der Waals surface area contributed by atoms with Crippen LogP contribution in [0.1, 0.15) is 50.7 Å². The second-order valence-electron chi connectivity index (χ2n) is 8.38. The summed E-state index contributed by atoms with van der Waals surface area (Å²) in [6.07, 6.45) is -0.751. The number of alkyl carbamates (subject to hydrolysis) is 1. The lowest BCUT2D eigenvalue weighted by molar-refractivity contribution is 0.0505. The fourth-order valence-electron chi connectivity index (χ4n) is 3.26. The average molecular weight is 440 g/mol. The van der Waals surface area contributed by atoms with Crippen molar-refractivity contribution in [3.05, 3.63) is 69.3 Å². The first-order valence-corrected chi connectivity index (χ1v) is 9.83. The Labute approximate surface area is 183 Å². The van der Waals surface area contributed by atoms with Crippen LogP contribution in [0.3, 0.4) is 0 Å². The molecule has 1 N–H and O–H groups in total. The van der Waals surface area contributed by atoms with Crippen LogP contribution in [0.5, 0.6) is 0 Å². The normalized spacial score (nSPS) is 12.3. The Balaban J connectivity index is 2.29. The number of nitrogens with zero attached hydrogens (tertiary/aromatic N) is 3. The zero-order valence-corrected chi connectivity index (χ0v) is 18.3. The number of nitrogens with one attached hydrogen (secondary N) is 1. The summed E-state index contributed by atoms with van der Waals surface area (Å²) in [6.45, 7) is 8.33. The van der Waals surface area contributed by atoms with E-state index < -0.39 is 34.9 Å². The predicted octanol–water partition coefficient (Wildman–Crippen LogP) is 4.43. The topological polar surface area (TPSA) is 97.0 Å². The van der Waals surface area contributed by atoms with Gasteiger partial charge >= 0.3 is 6.09 Å². The summed E-state index contributed by atoms with van der Waals surface area (Å²) in [5, 5.41) is 11.5.